The van der Waals surface area contributed by atoms with Crippen LogP contribution in [0.1, 0.15) is 0 Å². The predicted molar refractivity (Wildman–Crippen MR) is 416 cm³/mol. The highest BCUT2D eigenvalue weighted by Gasteiger charge is 2.58. The molecular weight excluding hydrogens is 1210 g/mol. The fourth-order valence-electron chi connectivity index (χ4n) is 15.6. The molecule has 0 radical (unpaired) electrons. The van der Waals surface area contributed by atoms with E-state index in [0.717, 1.165) is 101 Å². The maximum Gasteiger partial charge on any atom is 0.184 e. The van der Waals surface area contributed by atoms with Crippen LogP contribution in [0.2, 0.25) is 0 Å². The van der Waals surface area contributed by atoms with E-state index in [9.17, 15) is 0 Å². The Morgan fingerprint density at radius 2 is 0.364 bits per heavy atom. The molecule has 464 valence electrons. The molecule has 99 heavy (non-hydrogen) atoms. The SMILES string of the molecule is c1ccc(-c2cc(-c3cccc4c3[Si]3(c5c(-c6ccc(N(c7ccccc7)c7ccccc7)cc6)cccc5-c5cccc(-c6ccc(N(c7ccccc7)c7ccccc7)cc6)c53)c3c(-c5cc(-c6ccccc6)nc(-c6ccccc6)c5)cccc3-4)cc(-c3ccccc3)n2)cc1. The molecule has 0 N–H and O–H groups in total. The van der Waals surface area contributed by atoms with Crippen molar-refractivity contribution < 1.29 is 0 Å². The predicted octanol–water partition coefficient (Wildman–Crippen LogP) is 22.1. The third-order valence-corrected chi connectivity index (χ3v) is 25.0. The van der Waals surface area contributed by atoms with Crippen molar-refractivity contribution in [2.24, 2.45) is 0 Å². The minimum Gasteiger partial charge on any atom is -0.311 e. The second-order valence-corrected chi connectivity index (χ2v) is 29.0. The van der Waals surface area contributed by atoms with Crippen LogP contribution in [0, 0.1) is 0 Å². The lowest BCUT2D eigenvalue weighted by Crippen LogP contribution is -2.72. The van der Waals surface area contributed by atoms with Gasteiger partial charge in [-0.15, -0.1) is 0 Å². The molecule has 0 aliphatic carbocycles. The van der Waals surface area contributed by atoms with Gasteiger partial charge in [0.2, 0.25) is 0 Å². The number of fused-ring (bicyclic) bond motifs is 10. The molecule has 0 unspecified atom stereocenters. The maximum atomic E-state index is 5.54. The Labute approximate surface area is 579 Å². The topological polar surface area (TPSA) is 32.3 Å². The Morgan fingerprint density at radius 3 is 0.606 bits per heavy atom. The fraction of sp³-hybridized carbons (Fsp3) is 0. The lowest BCUT2D eigenvalue weighted by atomic mass is 9.94. The van der Waals surface area contributed by atoms with Gasteiger partial charge in [0, 0.05) is 56.4 Å². The van der Waals surface area contributed by atoms with E-state index in [1.165, 1.54) is 65.3 Å². The highest BCUT2D eigenvalue weighted by molar-refractivity contribution is 7.26. The van der Waals surface area contributed by atoms with Crippen molar-refractivity contribution in [1.82, 2.24) is 9.97 Å². The molecule has 0 fully saturated rings. The fourth-order valence-corrected chi connectivity index (χ4v) is 22.1. The van der Waals surface area contributed by atoms with Crippen LogP contribution >= 0.6 is 0 Å². The average Bonchev–Trinajstić information content (AvgIpc) is 1.49. The standard InChI is InChI=1S/C94H64N4Si/c1-9-29-67(30-10-1)87-61-71(62-88(95-87)68-31-11-2-12-32-68)81-47-27-51-85-86-52-28-48-82(72-63-89(69-33-13-3-14-34-69)96-90(64-72)70-35-15-4-16-36-70)94(86)99(93(81)85)91-79(65-53-57-77(58-54-65)97(73-37-17-5-18-38-73)74-39-19-6-20-40-74)45-25-49-83(91)84-50-26-46-80(92(84)99)66-55-59-78(60-56-66)98(75-41-21-7-22-42-75)76-43-23-8-24-44-76/h1-64H. The number of benzene rings is 14. The van der Waals surface area contributed by atoms with Gasteiger partial charge in [-0.3, -0.25) is 0 Å². The molecule has 2 aliphatic rings. The van der Waals surface area contributed by atoms with E-state index in [0.29, 0.717) is 0 Å². The van der Waals surface area contributed by atoms with Crippen molar-refractivity contribution in [1.29, 1.82) is 0 Å². The Balaban J connectivity index is 0.958. The van der Waals surface area contributed by atoms with Gasteiger partial charge in [0.15, 0.2) is 8.07 Å². The number of anilines is 6. The smallest absolute Gasteiger partial charge is 0.184 e. The summed E-state index contributed by atoms with van der Waals surface area (Å²) < 4.78 is 0. The zero-order valence-corrected chi connectivity index (χ0v) is 55.2. The van der Waals surface area contributed by atoms with Crippen molar-refractivity contribution in [2.45, 2.75) is 0 Å². The molecule has 14 aromatic carbocycles. The second-order valence-electron chi connectivity index (χ2n) is 25.5. The summed E-state index contributed by atoms with van der Waals surface area (Å²) in [5, 5.41) is 5.48. The zero-order valence-electron chi connectivity index (χ0n) is 54.2. The first-order valence-corrected chi connectivity index (χ1v) is 35.9. The molecule has 4 nitrogen and oxygen atoms in total. The van der Waals surface area contributed by atoms with Gasteiger partial charge in [0.1, 0.15) is 0 Å². The molecule has 0 amide bonds. The van der Waals surface area contributed by atoms with E-state index in [1.807, 2.05) is 0 Å². The molecule has 0 bridgehead atoms. The van der Waals surface area contributed by atoms with E-state index in [2.05, 4.69) is 398 Å². The highest BCUT2D eigenvalue weighted by atomic mass is 28.3. The Kier molecular flexibility index (Phi) is 14.9. The molecule has 4 heterocycles. The monoisotopic (exact) mass is 1280 g/mol. The molecule has 1 spiro atoms. The van der Waals surface area contributed by atoms with E-state index < -0.39 is 8.07 Å². The summed E-state index contributed by atoms with van der Waals surface area (Å²) in [6.07, 6.45) is 0. The van der Waals surface area contributed by atoms with E-state index in [1.54, 1.807) is 0 Å². The van der Waals surface area contributed by atoms with Crippen molar-refractivity contribution in [3.8, 4) is 112 Å². The highest BCUT2D eigenvalue weighted by Crippen LogP contribution is 2.48. The molecule has 0 atom stereocenters. The van der Waals surface area contributed by atoms with Crippen LogP contribution in [0.5, 0.6) is 0 Å². The van der Waals surface area contributed by atoms with Gasteiger partial charge in [-0.2, -0.15) is 0 Å². The summed E-state index contributed by atoms with van der Waals surface area (Å²) in [6.45, 7) is 0. The summed E-state index contributed by atoms with van der Waals surface area (Å²) in [6, 6.07) is 142. The zero-order chi connectivity index (χ0) is 65.6. The van der Waals surface area contributed by atoms with Gasteiger partial charge in [-0.05, 0) is 185 Å². The molecule has 16 aromatic rings. The van der Waals surface area contributed by atoms with E-state index in [-0.39, 0.29) is 0 Å². The number of pyridine rings is 2. The van der Waals surface area contributed by atoms with Gasteiger partial charge >= 0.3 is 0 Å². The van der Waals surface area contributed by atoms with E-state index in [4.69, 9.17) is 9.97 Å². The van der Waals surface area contributed by atoms with Gasteiger partial charge in [0.05, 0.1) is 22.8 Å². The summed E-state index contributed by atoms with van der Waals surface area (Å²) >= 11 is 0. The number of aromatic nitrogens is 2. The second kappa shape index (κ2) is 25.1. The number of hydrogen-bond acceptors (Lipinski definition) is 4. The van der Waals surface area contributed by atoms with Gasteiger partial charge in [-0.1, -0.05) is 291 Å². The number of nitrogens with zero attached hydrogens (tertiary/aromatic N) is 4. The normalized spacial score (nSPS) is 12.1. The van der Waals surface area contributed by atoms with Crippen LogP contribution in [0.3, 0.4) is 0 Å². The van der Waals surface area contributed by atoms with Crippen molar-refractivity contribution in [3.05, 3.63) is 388 Å². The average molecular weight is 1280 g/mol. The quantitative estimate of drug-likeness (QED) is 0.102. The maximum absolute atomic E-state index is 5.54. The molecule has 0 saturated heterocycles. The van der Waals surface area contributed by atoms with Crippen LogP contribution in [0.25, 0.3) is 112 Å². The Hall–Kier alpha value is -12.8. The molecular formula is C94H64N4Si. The molecule has 18 rings (SSSR count). The van der Waals surface area contributed by atoms with Crippen LogP contribution in [0.15, 0.2) is 388 Å². The summed E-state index contributed by atoms with van der Waals surface area (Å²) in [4.78, 5) is 15.8. The van der Waals surface area contributed by atoms with Crippen LogP contribution < -0.4 is 30.5 Å². The van der Waals surface area contributed by atoms with Crippen molar-refractivity contribution >= 4 is 62.9 Å². The molecule has 5 heteroatoms. The number of rotatable bonds is 14. The van der Waals surface area contributed by atoms with E-state index >= 15 is 0 Å². The summed E-state index contributed by atoms with van der Waals surface area (Å²) in [7, 11) is -3.79. The largest absolute Gasteiger partial charge is 0.311 e. The Morgan fingerprint density at radius 1 is 0.162 bits per heavy atom. The first-order chi connectivity index (χ1) is 49.1. The van der Waals surface area contributed by atoms with Gasteiger partial charge in [0.25, 0.3) is 0 Å². The van der Waals surface area contributed by atoms with Crippen molar-refractivity contribution in [3.63, 3.8) is 0 Å². The Bertz CT molecular complexity index is 5070. The lowest BCUT2D eigenvalue weighted by Gasteiger charge is -2.34. The first-order valence-electron chi connectivity index (χ1n) is 33.9. The molecule has 2 aromatic heterocycles. The molecule has 2 aliphatic heterocycles. The lowest BCUT2D eigenvalue weighted by molar-refractivity contribution is 1.28. The third-order valence-electron chi connectivity index (χ3n) is 19.8. The van der Waals surface area contributed by atoms with Gasteiger partial charge < -0.3 is 9.80 Å². The van der Waals surface area contributed by atoms with Gasteiger partial charge in [-0.25, -0.2) is 9.97 Å². The van der Waals surface area contributed by atoms with Crippen LogP contribution in [-0.2, 0) is 0 Å². The van der Waals surface area contributed by atoms with Crippen LogP contribution in [-0.4, -0.2) is 18.0 Å². The minimum absolute atomic E-state index is 0.920. The molecule has 0 saturated carbocycles. The first kappa shape index (κ1) is 58.7. The summed E-state index contributed by atoms with van der Waals surface area (Å²) in [5.74, 6) is 0. The van der Waals surface area contributed by atoms with Crippen LogP contribution in [0.4, 0.5) is 34.1 Å². The van der Waals surface area contributed by atoms with Crippen molar-refractivity contribution in [2.75, 3.05) is 9.80 Å². The summed E-state index contributed by atoms with van der Waals surface area (Å²) in [5.41, 5.74) is 28.8. The number of hydrogen-bond donors (Lipinski definition) is 0. The third kappa shape index (κ3) is 10.3. The number of para-hydroxylation sites is 4. The minimum atomic E-state index is -3.79.